The second-order valence-electron chi connectivity index (χ2n) is 11.8. The standard InChI is InChI=1S/C25H41NO3/c1-15(14-29-22(27)26-4)18-6-7-19-17-12-21(28-5)25-13-16(25)8-11-24(25,3)20(17)9-10-23(18,19)2/h15-21H,6-14H2,1-5H3,(H,26,27)/t15-,16?,17+,18-,19+,20+,21?,23-,24-,25+/m1/s1. The molecule has 4 nitrogen and oxygen atoms in total. The van der Waals surface area contributed by atoms with E-state index in [1.807, 2.05) is 7.11 Å². The van der Waals surface area contributed by atoms with Crippen LogP contribution in [0, 0.1) is 51.8 Å². The van der Waals surface area contributed by atoms with Crippen LogP contribution in [-0.2, 0) is 9.47 Å². The Morgan fingerprint density at radius 2 is 1.93 bits per heavy atom. The minimum Gasteiger partial charge on any atom is -0.449 e. The molecule has 4 heteroatoms. The lowest BCUT2D eigenvalue weighted by molar-refractivity contribution is -0.161. The summed E-state index contributed by atoms with van der Waals surface area (Å²) < 4.78 is 11.7. The Kier molecular flexibility index (Phi) is 4.59. The molecule has 1 amide bonds. The molecule has 0 aliphatic heterocycles. The monoisotopic (exact) mass is 403 g/mol. The molecular formula is C25H41NO3. The lowest BCUT2D eigenvalue weighted by Crippen LogP contribution is -2.57. The van der Waals surface area contributed by atoms with Gasteiger partial charge in [0, 0.05) is 19.6 Å². The molecule has 0 bridgehead atoms. The third kappa shape index (κ3) is 2.50. The first kappa shape index (κ1) is 20.2. The topological polar surface area (TPSA) is 47.6 Å². The number of hydrogen-bond donors (Lipinski definition) is 1. The summed E-state index contributed by atoms with van der Waals surface area (Å²) in [6.07, 6.45) is 11.2. The molecule has 0 radical (unpaired) electrons. The molecule has 0 aromatic rings. The molecule has 5 rings (SSSR count). The molecule has 1 spiro atoms. The van der Waals surface area contributed by atoms with Crippen LogP contribution in [0.1, 0.15) is 72.1 Å². The lowest BCUT2D eigenvalue weighted by Gasteiger charge is -2.61. The van der Waals surface area contributed by atoms with Crippen LogP contribution in [0.2, 0.25) is 0 Å². The van der Waals surface area contributed by atoms with E-state index in [4.69, 9.17) is 9.47 Å². The van der Waals surface area contributed by atoms with Crippen molar-refractivity contribution in [3.05, 3.63) is 0 Å². The number of alkyl carbamates (subject to hydrolysis) is 1. The molecule has 5 fully saturated rings. The van der Waals surface area contributed by atoms with Crippen molar-refractivity contribution in [1.29, 1.82) is 0 Å². The van der Waals surface area contributed by atoms with Crippen molar-refractivity contribution < 1.29 is 14.3 Å². The molecule has 5 saturated carbocycles. The molecule has 0 heterocycles. The van der Waals surface area contributed by atoms with E-state index >= 15 is 0 Å². The Morgan fingerprint density at radius 1 is 1.14 bits per heavy atom. The number of methoxy groups -OCH3 is 1. The van der Waals surface area contributed by atoms with E-state index in [-0.39, 0.29) is 6.09 Å². The molecule has 164 valence electrons. The number of ether oxygens (including phenoxy) is 2. The van der Waals surface area contributed by atoms with Gasteiger partial charge in [0.2, 0.25) is 0 Å². The zero-order valence-corrected chi connectivity index (χ0v) is 19.1. The molecule has 2 unspecified atom stereocenters. The first-order valence-electron chi connectivity index (χ1n) is 12.2. The predicted molar refractivity (Wildman–Crippen MR) is 113 cm³/mol. The van der Waals surface area contributed by atoms with Crippen LogP contribution in [0.4, 0.5) is 4.79 Å². The van der Waals surface area contributed by atoms with Gasteiger partial charge in [-0.1, -0.05) is 20.8 Å². The average Bonchev–Trinajstić information content (AvgIpc) is 3.22. The van der Waals surface area contributed by atoms with Crippen LogP contribution in [-0.4, -0.2) is 33.0 Å². The highest BCUT2D eigenvalue weighted by molar-refractivity contribution is 5.66. The van der Waals surface area contributed by atoms with Crippen molar-refractivity contribution in [2.24, 2.45) is 51.8 Å². The van der Waals surface area contributed by atoms with E-state index in [1.165, 1.54) is 51.4 Å². The SMILES string of the molecule is CNC(=O)OC[C@@H](C)[C@H]1CC[C@H]2[C@@H]3CC(OC)[C@]45CC4CC[C@]5(C)[C@H]3CC[C@]12C. The first-order chi connectivity index (χ1) is 13.8. The zero-order valence-electron chi connectivity index (χ0n) is 19.1. The number of amides is 1. The summed E-state index contributed by atoms with van der Waals surface area (Å²) in [5.41, 5.74) is 1.42. The molecule has 10 atom stereocenters. The maximum absolute atomic E-state index is 11.6. The first-order valence-corrected chi connectivity index (χ1v) is 12.2. The van der Waals surface area contributed by atoms with E-state index in [0.29, 0.717) is 40.8 Å². The third-order valence-corrected chi connectivity index (χ3v) is 11.3. The fourth-order valence-corrected chi connectivity index (χ4v) is 9.95. The second kappa shape index (κ2) is 6.61. The van der Waals surface area contributed by atoms with E-state index in [9.17, 15) is 4.79 Å². The fourth-order valence-electron chi connectivity index (χ4n) is 9.95. The van der Waals surface area contributed by atoms with Gasteiger partial charge in [-0.2, -0.15) is 0 Å². The Morgan fingerprint density at radius 3 is 2.62 bits per heavy atom. The summed E-state index contributed by atoms with van der Waals surface area (Å²) in [7, 11) is 3.61. The summed E-state index contributed by atoms with van der Waals surface area (Å²) in [5, 5.41) is 2.58. The summed E-state index contributed by atoms with van der Waals surface area (Å²) in [4.78, 5) is 11.6. The number of fused-ring (bicyclic) bond motifs is 4. The van der Waals surface area contributed by atoms with Crippen molar-refractivity contribution in [3.8, 4) is 0 Å². The Balaban J connectivity index is 1.37. The molecule has 0 aromatic carbocycles. The number of hydrogen-bond acceptors (Lipinski definition) is 3. The molecule has 5 aliphatic carbocycles. The highest BCUT2D eigenvalue weighted by atomic mass is 16.5. The Labute approximate surface area is 176 Å². The van der Waals surface area contributed by atoms with Gasteiger partial charge in [-0.3, -0.25) is 0 Å². The van der Waals surface area contributed by atoms with Crippen molar-refractivity contribution >= 4 is 6.09 Å². The quantitative estimate of drug-likeness (QED) is 0.696. The Hall–Kier alpha value is -0.770. The molecule has 0 saturated heterocycles. The maximum Gasteiger partial charge on any atom is 0.406 e. The largest absolute Gasteiger partial charge is 0.449 e. The van der Waals surface area contributed by atoms with Crippen molar-refractivity contribution in [1.82, 2.24) is 5.32 Å². The van der Waals surface area contributed by atoms with E-state index in [2.05, 4.69) is 26.1 Å². The van der Waals surface area contributed by atoms with Gasteiger partial charge >= 0.3 is 6.09 Å². The van der Waals surface area contributed by atoms with Gasteiger partial charge in [-0.05, 0) is 97.7 Å². The molecular weight excluding hydrogens is 362 g/mol. The number of rotatable bonds is 4. The van der Waals surface area contributed by atoms with Gasteiger partial charge in [0.25, 0.3) is 0 Å². The number of carbonyl (C=O) groups excluding carboxylic acids is 1. The summed E-state index contributed by atoms with van der Waals surface area (Å²) in [6, 6.07) is 0. The Bertz CT molecular complexity index is 681. The summed E-state index contributed by atoms with van der Waals surface area (Å²) in [5.74, 6) is 4.59. The maximum atomic E-state index is 11.6. The normalized spacial score (nSPS) is 53.3. The van der Waals surface area contributed by atoms with Gasteiger partial charge in [-0.15, -0.1) is 0 Å². The third-order valence-electron chi connectivity index (χ3n) is 11.3. The van der Waals surface area contributed by atoms with Gasteiger partial charge < -0.3 is 14.8 Å². The van der Waals surface area contributed by atoms with Gasteiger partial charge in [0.05, 0.1) is 12.7 Å². The van der Waals surface area contributed by atoms with Crippen LogP contribution in [0.15, 0.2) is 0 Å². The lowest BCUT2D eigenvalue weighted by atomic mass is 9.45. The fraction of sp³-hybridized carbons (Fsp3) is 0.960. The van der Waals surface area contributed by atoms with Gasteiger partial charge in [0.1, 0.15) is 0 Å². The number of nitrogens with one attached hydrogen (secondary N) is 1. The van der Waals surface area contributed by atoms with Crippen LogP contribution >= 0.6 is 0 Å². The minimum atomic E-state index is -0.297. The van der Waals surface area contributed by atoms with Crippen molar-refractivity contribution in [2.45, 2.75) is 78.2 Å². The van der Waals surface area contributed by atoms with Gasteiger partial charge in [0.15, 0.2) is 0 Å². The highest BCUT2D eigenvalue weighted by Crippen LogP contribution is 2.82. The molecule has 29 heavy (non-hydrogen) atoms. The zero-order chi connectivity index (χ0) is 20.6. The summed E-state index contributed by atoms with van der Waals surface area (Å²) in [6.45, 7) is 8.07. The highest BCUT2D eigenvalue weighted by Gasteiger charge is 2.77. The van der Waals surface area contributed by atoms with Crippen LogP contribution < -0.4 is 5.32 Å². The molecule has 1 N–H and O–H groups in total. The van der Waals surface area contributed by atoms with Gasteiger partial charge in [-0.25, -0.2) is 4.79 Å². The van der Waals surface area contributed by atoms with Crippen LogP contribution in [0.25, 0.3) is 0 Å². The van der Waals surface area contributed by atoms with Crippen LogP contribution in [0.3, 0.4) is 0 Å². The van der Waals surface area contributed by atoms with E-state index in [1.54, 1.807) is 7.05 Å². The van der Waals surface area contributed by atoms with E-state index in [0.717, 1.165) is 23.7 Å². The average molecular weight is 404 g/mol. The van der Waals surface area contributed by atoms with Crippen molar-refractivity contribution in [3.63, 3.8) is 0 Å². The number of carbonyl (C=O) groups is 1. The predicted octanol–water partition coefficient (Wildman–Crippen LogP) is 5.26. The smallest absolute Gasteiger partial charge is 0.406 e. The van der Waals surface area contributed by atoms with Crippen LogP contribution in [0.5, 0.6) is 0 Å². The molecule has 0 aromatic heterocycles. The second-order valence-corrected chi connectivity index (χ2v) is 11.8. The minimum absolute atomic E-state index is 0.297. The molecule has 5 aliphatic rings. The van der Waals surface area contributed by atoms with Crippen molar-refractivity contribution in [2.75, 3.05) is 20.8 Å². The summed E-state index contributed by atoms with van der Waals surface area (Å²) >= 11 is 0. The van der Waals surface area contributed by atoms with E-state index < -0.39 is 0 Å².